The van der Waals surface area contributed by atoms with Gasteiger partial charge in [0.1, 0.15) is 18.0 Å². The summed E-state index contributed by atoms with van der Waals surface area (Å²) in [7, 11) is -3.65. The van der Waals surface area contributed by atoms with Crippen molar-refractivity contribution >= 4 is 32.7 Å². The molecule has 0 aromatic heterocycles. The first kappa shape index (κ1) is 25.0. The van der Waals surface area contributed by atoms with E-state index >= 15 is 0 Å². The Kier molecular flexibility index (Phi) is 6.79. The molecule has 1 aliphatic heterocycles. The van der Waals surface area contributed by atoms with Gasteiger partial charge in [-0.3, -0.25) is 9.08 Å². The van der Waals surface area contributed by atoms with Crippen LogP contribution in [0.5, 0.6) is 5.75 Å². The first-order valence-corrected chi connectivity index (χ1v) is 13.3. The molecule has 0 aliphatic carbocycles. The normalized spacial score (nSPS) is 15.8. The van der Waals surface area contributed by atoms with Crippen molar-refractivity contribution in [3.63, 3.8) is 0 Å². The van der Waals surface area contributed by atoms with Crippen molar-refractivity contribution < 1.29 is 26.9 Å². The Bertz CT molecular complexity index is 1350. The molecule has 0 radical (unpaired) electrons. The Morgan fingerprint density at radius 1 is 1.09 bits per heavy atom. The van der Waals surface area contributed by atoms with Crippen LogP contribution in [0.1, 0.15) is 43.4 Å². The summed E-state index contributed by atoms with van der Waals surface area (Å²) in [5.74, 6) is 0.295. The van der Waals surface area contributed by atoms with Gasteiger partial charge in [0.05, 0.1) is 18.6 Å². The minimum atomic E-state index is -3.65. The monoisotopic (exact) mass is 497 g/mol. The summed E-state index contributed by atoms with van der Waals surface area (Å²) in [6, 6.07) is 17.6. The predicted octanol–water partition coefficient (Wildman–Crippen LogP) is 5.54. The molecule has 1 amide bonds. The number of ether oxygens (including phenoxy) is 2. The number of carbonyl (C=O) groups excluding carboxylic acids is 1. The summed E-state index contributed by atoms with van der Waals surface area (Å²) in [6.07, 6.45) is 0.529. The maximum absolute atomic E-state index is 13.2. The lowest BCUT2D eigenvalue weighted by Gasteiger charge is -2.25. The number of hydrogen-bond donors (Lipinski definition) is 0. The number of amides is 1. The lowest BCUT2D eigenvalue weighted by molar-refractivity contribution is 0.0581. The molecule has 4 rings (SSSR count). The molecule has 186 valence electrons. The van der Waals surface area contributed by atoms with Crippen LogP contribution < -0.4 is 9.64 Å². The second-order valence-electron chi connectivity index (χ2n) is 9.86. The molecule has 35 heavy (non-hydrogen) atoms. The van der Waals surface area contributed by atoms with Crippen LogP contribution in [-0.2, 0) is 25.6 Å². The van der Waals surface area contributed by atoms with Gasteiger partial charge in [0, 0.05) is 23.9 Å². The van der Waals surface area contributed by atoms with Crippen LogP contribution in [0.25, 0.3) is 10.8 Å². The topological polar surface area (TPSA) is 82.1 Å². The van der Waals surface area contributed by atoms with E-state index in [4.69, 9.17) is 13.7 Å². The number of anilines is 1. The molecular formula is C27H31NO6S. The highest BCUT2D eigenvalue weighted by Crippen LogP contribution is 2.47. The third-order valence-electron chi connectivity index (χ3n) is 5.79. The third kappa shape index (κ3) is 5.77. The Morgan fingerprint density at radius 3 is 2.46 bits per heavy atom. The van der Waals surface area contributed by atoms with Gasteiger partial charge in [-0.05, 0) is 49.8 Å². The van der Waals surface area contributed by atoms with Crippen molar-refractivity contribution in [1.82, 2.24) is 0 Å². The van der Waals surface area contributed by atoms with Gasteiger partial charge in [-0.25, -0.2) is 4.79 Å². The van der Waals surface area contributed by atoms with Gasteiger partial charge in [-0.1, -0.05) is 48.5 Å². The van der Waals surface area contributed by atoms with Crippen LogP contribution in [0.15, 0.2) is 54.6 Å². The first-order valence-electron chi connectivity index (χ1n) is 11.5. The van der Waals surface area contributed by atoms with Gasteiger partial charge in [-0.2, -0.15) is 8.42 Å². The zero-order valence-corrected chi connectivity index (χ0v) is 21.5. The molecule has 0 saturated carbocycles. The van der Waals surface area contributed by atoms with Crippen molar-refractivity contribution in [2.24, 2.45) is 0 Å². The van der Waals surface area contributed by atoms with Crippen LogP contribution in [0, 0.1) is 6.92 Å². The summed E-state index contributed by atoms with van der Waals surface area (Å²) in [6.45, 7) is 7.97. The van der Waals surface area contributed by atoms with E-state index in [0.717, 1.165) is 33.7 Å². The van der Waals surface area contributed by atoms with Crippen molar-refractivity contribution in [2.75, 3.05) is 24.3 Å². The van der Waals surface area contributed by atoms with E-state index in [9.17, 15) is 13.2 Å². The van der Waals surface area contributed by atoms with Gasteiger partial charge in [0.15, 0.2) is 0 Å². The molecule has 1 atom stereocenters. The number of hydrogen-bond acceptors (Lipinski definition) is 6. The van der Waals surface area contributed by atoms with Gasteiger partial charge in [-0.15, -0.1) is 0 Å². The average Bonchev–Trinajstić information content (AvgIpc) is 3.14. The van der Waals surface area contributed by atoms with E-state index < -0.39 is 21.8 Å². The Labute approximate surface area is 206 Å². The summed E-state index contributed by atoms with van der Waals surface area (Å²) in [5, 5.41) is 1.83. The maximum atomic E-state index is 13.2. The molecule has 3 aromatic rings. The SMILES string of the molecule is Cc1cccc2c(OCc3ccccc3)cc3c(c12)C(COS(C)(=O)=O)CN3C(=O)OC(C)(C)C. The molecular weight excluding hydrogens is 466 g/mol. The van der Waals surface area contributed by atoms with Crippen LogP contribution in [0.3, 0.4) is 0 Å². The Hall–Kier alpha value is -3.10. The Balaban J connectivity index is 1.83. The average molecular weight is 498 g/mol. The number of aryl methyl sites for hydroxylation is 1. The van der Waals surface area contributed by atoms with E-state index in [1.54, 1.807) is 4.90 Å². The fourth-order valence-corrected chi connectivity index (χ4v) is 4.78. The summed E-state index contributed by atoms with van der Waals surface area (Å²) in [5.41, 5.74) is 2.85. The van der Waals surface area contributed by atoms with Crippen LogP contribution in [-0.4, -0.2) is 39.5 Å². The smallest absolute Gasteiger partial charge is 0.414 e. The van der Waals surface area contributed by atoms with Crippen LogP contribution in [0.2, 0.25) is 0 Å². The molecule has 0 bridgehead atoms. The van der Waals surface area contributed by atoms with Crippen LogP contribution >= 0.6 is 0 Å². The maximum Gasteiger partial charge on any atom is 0.414 e. The summed E-state index contributed by atoms with van der Waals surface area (Å²) in [4.78, 5) is 14.7. The highest BCUT2D eigenvalue weighted by molar-refractivity contribution is 7.85. The quantitative estimate of drug-likeness (QED) is 0.416. The molecule has 0 fully saturated rings. The number of rotatable bonds is 6. The van der Waals surface area contributed by atoms with E-state index in [-0.39, 0.29) is 19.1 Å². The predicted molar refractivity (Wildman–Crippen MR) is 137 cm³/mol. The second-order valence-corrected chi connectivity index (χ2v) is 11.5. The van der Waals surface area contributed by atoms with Crippen molar-refractivity contribution in [3.05, 3.63) is 71.3 Å². The lowest BCUT2D eigenvalue weighted by Crippen LogP contribution is -2.36. The molecule has 1 heterocycles. The number of nitrogens with zero attached hydrogens (tertiary/aromatic N) is 1. The van der Waals surface area contributed by atoms with Gasteiger partial charge >= 0.3 is 6.09 Å². The zero-order valence-electron chi connectivity index (χ0n) is 20.7. The molecule has 8 heteroatoms. The lowest BCUT2D eigenvalue weighted by atomic mass is 9.92. The number of fused-ring (bicyclic) bond motifs is 3. The highest BCUT2D eigenvalue weighted by atomic mass is 32.2. The molecule has 1 unspecified atom stereocenters. The highest BCUT2D eigenvalue weighted by Gasteiger charge is 2.38. The molecule has 1 aliphatic rings. The molecule has 3 aromatic carbocycles. The van der Waals surface area contributed by atoms with Crippen LogP contribution in [0.4, 0.5) is 10.5 Å². The van der Waals surface area contributed by atoms with Gasteiger partial charge in [0.25, 0.3) is 10.1 Å². The van der Waals surface area contributed by atoms with E-state index in [1.807, 2.05) is 82.3 Å². The minimum absolute atomic E-state index is 0.0707. The van der Waals surface area contributed by atoms with E-state index in [1.165, 1.54) is 0 Å². The van der Waals surface area contributed by atoms with Crippen molar-refractivity contribution in [1.29, 1.82) is 0 Å². The Morgan fingerprint density at radius 2 is 1.80 bits per heavy atom. The third-order valence-corrected chi connectivity index (χ3v) is 6.35. The summed E-state index contributed by atoms with van der Waals surface area (Å²) >= 11 is 0. The molecule has 0 saturated heterocycles. The molecule has 0 spiro atoms. The fourth-order valence-electron chi connectivity index (χ4n) is 4.37. The van der Waals surface area contributed by atoms with Crippen molar-refractivity contribution in [3.8, 4) is 5.75 Å². The number of benzene rings is 3. The second kappa shape index (κ2) is 9.51. The van der Waals surface area contributed by atoms with E-state index in [0.29, 0.717) is 18.0 Å². The van der Waals surface area contributed by atoms with E-state index in [2.05, 4.69) is 0 Å². The van der Waals surface area contributed by atoms with Gasteiger partial charge in [0.2, 0.25) is 0 Å². The first-order chi connectivity index (χ1) is 16.4. The molecule has 0 N–H and O–H groups in total. The molecule has 7 nitrogen and oxygen atoms in total. The zero-order chi connectivity index (χ0) is 25.4. The summed E-state index contributed by atoms with van der Waals surface area (Å²) < 4.78 is 40.6. The fraction of sp³-hybridized carbons (Fsp3) is 0.370. The number of carbonyl (C=O) groups is 1. The largest absolute Gasteiger partial charge is 0.488 e. The van der Waals surface area contributed by atoms with Crippen molar-refractivity contribution in [2.45, 2.75) is 45.8 Å². The standard InChI is InChI=1S/C27H31NO6S/c1-18-10-9-13-21-23(32-16-19-11-7-6-8-12-19)14-22-25(24(18)21)20(17-33-35(5,30)31)15-28(22)26(29)34-27(2,3)4/h6-14,20H,15-17H2,1-5H3. The minimum Gasteiger partial charge on any atom is -0.488 e. The van der Waals surface area contributed by atoms with Gasteiger partial charge < -0.3 is 9.47 Å².